The van der Waals surface area contributed by atoms with Crippen molar-refractivity contribution >= 4 is 29.3 Å². The molecule has 0 radical (unpaired) electrons. The zero-order valence-corrected chi connectivity index (χ0v) is 14.5. The highest BCUT2D eigenvalue weighted by atomic mass is 32.2. The van der Waals surface area contributed by atoms with Crippen molar-refractivity contribution in [3.05, 3.63) is 5.82 Å². The third-order valence-electron chi connectivity index (χ3n) is 4.27. The fraction of sp³-hybridized carbons (Fsp3) is 0.786. The van der Waals surface area contributed by atoms with E-state index >= 15 is 0 Å². The van der Waals surface area contributed by atoms with Gasteiger partial charge in [-0.25, -0.2) is 4.98 Å². The predicted octanol–water partition coefficient (Wildman–Crippen LogP) is 2.51. The topological polar surface area (TPSA) is 64.1 Å². The molecule has 118 valence electrons. The molecule has 0 aromatic carbocycles. The molecule has 0 spiro atoms. The number of aryl methyl sites for hydroxylation is 1. The predicted molar refractivity (Wildman–Crippen MR) is 85.8 cm³/mol. The van der Waals surface area contributed by atoms with Gasteiger partial charge in [-0.15, -0.1) is 0 Å². The van der Waals surface area contributed by atoms with Gasteiger partial charge in [0.05, 0.1) is 7.11 Å². The molecule has 0 bridgehead atoms. The van der Waals surface area contributed by atoms with Crippen molar-refractivity contribution in [2.24, 2.45) is 5.92 Å². The number of hydrogen-bond acceptors (Lipinski definition) is 7. The van der Waals surface area contributed by atoms with Gasteiger partial charge in [-0.1, -0.05) is 25.1 Å². The number of nitrogens with zero attached hydrogens (tertiary/aromatic N) is 2. The van der Waals surface area contributed by atoms with Gasteiger partial charge in [0, 0.05) is 12.2 Å². The van der Waals surface area contributed by atoms with Gasteiger partial charge in [-0.2, -0.15) is 4.37 Å². The molecule has 1 N–H and O–H groups in total. The van der Waals surface area contributed by atoms with Crippen LogP contribution in [-0.2, 0) is 16.0 Å². The van der Waals surface area contributed by atoms with Crippen molar-refractivity contribution in [2.75, 3.05) is 19.9 Å². The fourth-order valence-electron chi connectivity index (χ4n) is 3.08. The molecular weight excluding hydrogens is 306 g/mol. The molecule has 21 heavy (non-hydrogen) atoms. The second-order valence-corrected chi connectivity index (χ2v) is 7.36. The highest BCUT2D eigenvalue weighted by molar-refractivity contribution is 8.00. The van der Waals surface area contributed by atoms with Crippen LogP contribution in [0.25, 0.3) is 0 Å². The Labute approximate surface area is 134 Å². The van der Waals surface area contributed by atoms with Crippen LogP contribution in [0.15, 0.2) is 4.34 Å². The average molecular weight is 329 g/mol. The maximum Gasteiger partial charge on any atom is 0.326 e. The molecule has 1 aromatic heterocycles. The molecule has 1 fully saturated rings. The molecule has 2 unspecified atom stereocenters. The van der Waals surface area contributed by atoms with E-state index in [1.54, 1.807) is 11.8 Å². The number of hydrogen-bond donors (Lipinski definition) is 1. The van der Waals surface area contributed by atoms with E-state index in [4.69, 9.17) is 4.74 Å². The van der Waals surface area contributed by atoms with Crippen molar-refractivity contribution in [1.82, 2.24) is 14.7 Å². The first-order valence-corrected chi connectivity index (χ1v) is 9.15. The Hall–Kier alpha value is -0.660. The van der Waals surface area contributed by atoms with Gasteiger partial charge in [0.25, 0.3) is 0 Å². The minimum atomic E-state index is -0.495. The number of esters is 1. The smallest absolute Gasteiger partial charge is 0.326 e. The van der Waals surface area contributed by atoms with Crippen LogP contribution in [0, 0.1) is 5.92 Å². The van der Waals surface area contributed by atoms with Crippen LogP contribution in [0.5, 0.6) is 0 Å². The van der Waals surface area contributed by atoms with Crippen molar-refractivity contribution < 1.29 is 9.53 Å². The van der Waals surface area contributed by atoms with E-state index in [9.17, 15) is 4.79 Å². The molecule has 2 atom stereocenters. The van der Waals surface area contributed by atoms with Gasteiger partial charge >= 0.3 is 5.97 Å². The number of methoxy groups -OCH3 is 1. The van der Waals surface area contributed by atoms with E-state index in [2.05, 4.69) is 21.6 Å². The number of carbonyl (C=O) groups excluding carboxylic acids is 1. The van der Waals surface area contributed by atoms with Crippen molar-refractivity contribution in [3.8, 4) is 0 Å². The van der Waals surface area contributed by atoms with Crippen LogP contribution >= 0.6 is 23.3 Å². The second kappa shape index (κ2) is 7.56. The maximum absolute atomic E-state index is 12.1. The summed E-state index contributed by atoms with van der Waals surface area (Å²) in [7, 11) is 3.33. The Morgan fingerprint density at radius 3 is 3.05 bits per heavy atom. The summed E-state index contributed by atoms with van der Waals surface area (Å²) in [4.78, 5) is 16.6. The van der Waals surface area contributed by atoms with Gasteiger partial charge < -0.3 is 10.1 Å². The molecule has 2 rings (SSSR count). The van der Waals surface area contributed by atoms with Gasteiger partial charge in [-0.05, 0) is 43.8 Å². The Kier molecular flexibility index (Phi) is 6.01. The normalized spacial score (nSPS) is 25.2. The SMILES string of the molecule is CCc1nsc(SCCC2CCCC2(NC)C(=O)OC)n1. The summed E-state index contributed by atoms with van der Waals surface area (Å²) in [6, 6.07) is 0. The van der Waals surface area contributed by atoms with Crippen LogP contribution in [0.2, 0.25) is 0 Å². The second-order valence-electron chi connectivity index (χ2n) is 5.27. The summed E-state index contributed by atoms with van der Waals surface area (Å²) in [6.07, 6.45) is 4.88. The number of thioether (sulfide) groups is 1. The molecule has 0 aliphatic heterocycles. The van der Waals surface area contributed by atoms with E-state index in [1.807, 2.05) is 7.05 Å². The summed E-state index contributed by atoms with van der Waals surface area (Å²) in [6.45, 7) is 2.06. The molecule has 1 aromatic rings. The molecular formula is C14H23N3O2S2. The van der Waals surface area contributed by atoms with Crippen molar-refractivity contribution in [2.45, 2.75) is 48.9 Å². The number of rotatable bonds is 7. The number of aromatic nitrogens is 2. The number of nitrogens with one attached hydrogen (secondary N) is 1. The minimum Gasteiger partial charge on any atom is -0.468 e. The molecule has 5 nitrogen and oxygen atoms in total. The molecule has 1 heterocycles. The lowest BCUT2D eigenvalue weighted by atomic mass is 9.85. The van der Waals surface area contributed by atoms with Gasteiger partial charge in [0.15, 0.2) is 4.34 Å². The molecule has 7 heteroatoms. The molecule has 1 aliphatic rings. The molecule has 0 saturated heterocycles. The Morgan fingerprint density at radius 1 is 1.62 bits per heavy atom. The van der Waals surface area contributed by atoms with Crippen LogP contribution in [-0.4, -0.2) is 40.8 Å². The first kappa shape index (κ1) is 16.7. The lowest BCUT2D eigenvalue weighted by Crippen LogP contribution is -2.53. The summed E-state index contributed by atoms with van der Waals surface area (Å²) in [5.41, 5.74) is -0.495. The third-order valence-corrected chi connectivity index (χ3v) is 6.18. The summed E-state index contributed by atoms with van der Waals surface area (Å²) in [5, 5.41) is 3.23. The number of likely N-dealkylation sites (N-methyl/N-ethyl adjacent to an activating group) is 1. The van der Waals surface area contributed by atoms with Crippen LogP contribution in [0.1, 0.15) is 38.4 Å². The van der Waals surface area contributed by atoms with E-state index in [0.29, 0.717) is 5.92 Å². The monoisotopic (exact) mass is 329 g/mol. The zero-order valence-electron chi connectivity index (χ0n) is 12.8. The van der Waals surface area contributed by atoms with Crippen LogP contribution in [0.4, 0.5) is 0 Å². The van der Waals surface area contributed by atoms with Crippen molar-refractivity contribution in [3.63, 3.8) is 0 Å². The van der Waals surface area contributed by atoms with E-state index in [1.165, 1.54) is 18.6 Å². The number of ether oxygens (including phenoxy) is 1. The summed E-state index contributed by atoms with van der Waals surface area (Å²) in [5.74, 6) is 2.09. The fourth-order valence-corrected chi connectivity index (χ4v) is 4.90. The zero-order chi connectivity index (χ0) is 15.3. The summed E-state index contributed by atoms with van der Waals surface area (Å²) < 4.78 is 10.3. The first-order valence-electron chi connectivity index (χ1n) is 7.39. The van der Waals surface area contributed by atoms with E-state index in [-0.39, 0.29) is 5.97 Å². The average Bonchev–Trinajstić information content (AvgIpc) is 3.13. The van der Waals surface area contributed by atoms with Crippen molar-refractivity contribution in [1.29, 1.82) is 0 Å². The van der Waals surface area contributed by atoms with E-state index < -0.39 is 5.54 Å². The van der Waals surface area contributed by atoms with Crippen LogP contribution < -0.4 is 5.32 Å². The Morgan fingerprint density at radius 2 is 2.43 bits per heavy atom. The minimum absolute atomic E-state index is 0.123. The lowest BCUT2D eigenvalue weighted by molar-refractivity contribution is -0.150. The van der Waals surface area contributed by atoms with E-state index in [0.717, 1.165) is 48.0 Å². The maximum atomic E-state index is 12.1. The first-order chi connectivity index (χ1) is 10.2. The van der Waals surface area contributed by atoms with Gasteiger partial charge in [0.2, 0.25) is 0 Å². The quantitative estimate of drug-likeness (QED) is 0.612. The largest absolute Gasteiger partial charge is 0.468 e. The molecule has 1 saturated carbocycles. The third kappa shape index (κ3) is 3.57. The van der Waals surface area contributed by atoms with Crippen LogP contribution in [0.3, 0.4) is 0 Å². The highest BCUT2D eigenvalue weighted by Crippen LogP contribution is 2.39. The van der Waals surface area contributed by atoms with Gasteiger partial charge in [0.1, 0.15) is 11.4 Å². The lowest BCUT2D eigenvalue weighted by Gasteiger charge is -2.32. The summed E-state index contributed by atoms with van der Waals surface area (Å²) >= 11 is 3.21. The molecule has 1 aliphatic carbocycles. The standard InChI is InChI=1S/C14H23N3O2S2/c1-4-11-16-13(21-17-11)20-9-7-10-6-5-8-14(10,15-2)12(18)19-3/h10,15H,4-9H2,1-3H3. The van der Waals surface area contributed by atoms with Gasteiger partial charge in [-0.3, -0.25) is 4.79 Å². The Balaban J connectivity index is 1.90. The highest BCUT2D eigenvalue weighted by Gasteiger charge is 2.48. The Bertz CT molecular complexity index is 481. The number of carbonyl (C=O) groups is 1. The molecule has 0 amide bonds.